The van der Waals surface area contributed by atoms with Crippen molar-refractivity contribution in [3.63, 3.8) is 0 Å². The van der Waals surface area contributed by atoms with Crippen molar-refractivity contribution in [1.29, 1.82) is 0 Å². The number of nitrogens with one attached hydrogen (secondary N) is 1. The van der Waals surface area contributed by atoms with E-state index in [1.165, 1.54) is 17.8 Å². The zero-order valence-electron chi connectivity index (χ0n) is 17.8. The molecule has 1 aromatic carbocycles. The van der Waals surface area contributed by atoms with Crippen LogP contribution in [0.2, 0.25) is 0 Å². The molecule has 6 heteroatoms. The number of amides is 2. The monoisotopic (exact) mass is 436 g/mol. The van der Waals surface area contributed by atoms with Crippen LogP contribution >= 0.6 is 11.3 Å². The zero-order chi connectivity index (χ0) is 21.6. The highest BCUT2D eigenvalue weighted by Crippen LogP contribution is 2.30. The molecule has 1 fully saturated rings. The van der Waals surface area contributed by atoms with Crippen LogP contribution in [0.15, 0.2) is 64.6 Å². The van der Waals surface area contributed by atoms with E-state index in [0.29, 0.717) is 10.6 Å². The Kier molecular flexibility index (Phi) is 6.87. The molecule has 2 amide bonds. The van der Waals surface area contributed by atoms with Gasteiger partial charge in [0.05, 0.1) is 17.7 Å². The van der Waals surface area contributed by atoms with Crippen molar-refractivity contribution in [1.82, 2.24) is 10.2 Å². The number of rotatable bonds is 7. The largest absolute Gasteiger partial charge is 0.467 e. The third kappa shape index (κ3) is 5.07. The minimum atomic E-state index is -0.733. The van der Waals surface area contributed by atoms with E-state index < -0.39 is 6.04 Å². The second-order valence-electron chi connectivity index (χ2n) is 8.09. The summed E-state index contributed by atoms with van der Waals surface area (Å²) >= 11 is 1.38. The van der Waals surface area contributed by atoms with Crippen molar-refractivity contribution in [2.24, 2.45) is 0 Å². The van der Waals surface area contributed by atoms with E-state index in [2.05, 4.69) is 5.32 Å². The standard InChI is InChI=1S/C25H28N2O3S/c1-18-9-5-6-13-21(18)23(24(28)26-19-10-3-2-4-11-19)27(17-20-12-7-15-30-20)25(29)22-14-8-16-31-22/h5-9,12-16,19,23H,2-4,10-11,17H2,1H3,(H,26,28)/t23-/m0/s1. The quantitative estimate of drug-likeness (QED) is 0.533. The summed E-state index contributed by atoms with van der Waals surface area (Å²) in [6.45, 7) is 2.21. The van der Waals surface area contributed by atoms with Gasteiger partial charge in [-0.25, -0.2) is 0 Å². The van der Waals surface area contributed by atoms with Crippen LogP contribution in [0, 0.1) is 6.92 Å². The second-order valence-corrected chi connectivity index (χ2v) is 9.04. The molecule has 1 aliphatic carbocycles. The maximum absolute atomic E-state index is 13.7. The lowest BCUT2D eigenvalue weighted by Gasteiger charge is -2.33. The topological polar surface area (TPSA) is 62.6 Å². The molecule has 0 unspecified atom stereocenters. The molecule has 1 saturated carbocycles. The SMILES string of the molecule is Cc1ccccc1[C@@H](C(=O)NC1CCCCC1)N(Cc1ccco1)C(=O)c1cccs1. The van der Waals surface area contributed by atoms with Gasteiger partial charge in [-0.2, -0.15) is 0 Å². The zero-order valence-corrected chi connectivity index (χ0v) is 18.6. The predicted octanol–water partition coefficient (Wildman–Crippen LogP) is 5.48. The van der Waals surface area contributed by atoms with Crippen molar-refractivity contribution in [2.45, 2.75) is 57.7 Å². The summed E-state index contributed by atoms with van der Waals surface area (Å²) < 4.78 is 5.56. The Morgan fingerprint density at radius 3 is 2.58 bits per heavy atom. The third-order valence-corrected chi connectivity index (χ3v) is 6.75. The van der Waals surface area contributed by atoms with Crippen LogP contribution in [0.4, 0.5) is 0 Å². The van der Waals surface area contributed by atoms with Gasteiger partial charge in [0.15, 0.2) is 0 Å². The average Bonchev–Trinajstić information content (AvgIpc) is 3.49. The maximum atomic E-state index is 13.7. The van der Waals surface area contributed by atoms with Gasteiger partial charge in [0.25, 0.3) is 5.91 Å². The number of furan rings is 1. The Hall–Kier alpha value is -2.86. The van der Waals surface area contributed by atoms with Gasteiger partial charge in [-0.15, -0.1) is 11.3 Å². The molecular weight excluding hydrogens is 408 g/mol. The molecule has 1 atom stereocenters. The average molecular weight is 437 g/mol. The van der Waals surface area contributed by atoms with Crippen LogP contribution in [0.3, 0.4) is 0 Å². The maximum Gasteiger partial charge on any atom is 0.265 e. The minimum Gasteiger partial charge on any atom is -0.467 e. The summed E-state index contributed by atoms with van der Waals surface area (Å²) in [6, 6.07) is 14.5. The van der Waals surface area contributed by atoms with Crippen LogP contribution in [-0.4, -0.2) is 22.8 Å². The van der Waals surface area contributed by atoms with E-state index in [0.717, 1.165) is 36.8 Å². The predicted molar refractivity (Wildman–Crippen MR) is 122 cm³/mol. The molecule has 2 aromatic heterocycles. The van der Waals surface area contributed by atoms with Gasteiger partial charge in [0, 0.05) is 6.04 Å². The summed E-state index contributed by atoms with van der Waals surface area (Å²) in [7, 11) is 0. The van der Waals surface area contributed by atoms with E-state index >= 15 is 0 Å². The Labute approximate surface area is 187 Å². The fourth-order valence-electron chi connectivity index (χ4n) is 4.26. The molecule has 1 N–H and O–H groups in total. The molecule has 31 heavy (non-hydrogen) atoms. The molecule has 0 aliphatic heterocycles. The smallest absolute Gasteiger partial charge is 0.265 e. The van der Waals surface area contributed by atoms with Crippen molar-refractivity contribution >= 4 is 23.2 Å². The molecule has 5 nitrogen and oxygen atoms in total. The first kappa shape index (κ1) is 21.4. The van der Waals surface area contributed by atoms with E-state index in [1.807, 2.05) is 48.7 Å². The number of hydrogen-bond donors (Lipinski definition) is 1. The number of nitrogens with zero attached hydrogens (tertiary/aromatic N) is 1. The molecule has 2 heterocycles. The van der Waals surface area contributed by atoms with Gasteiger partial charge >= 0.3 is 0 Å². The van der Waals surface area contributed by atoms with Crippen LogP contribution < -0.4 is 5.32 Å². The lowest BCUT2D eigenvalue weighted by molar-refractivity contribution is -0.127. The minimum absolute atomic E-state index is 0.127. The normalized spacial score (nSPS) is 15.4. The molecule has 4 rings (SSSR count). The Bertz CT molecular complexity index is 992. The van der Waals surface area contributed by atoms with E-state index in [-0.39, 0.29) is 24.4 Å². The number of hydrogen-bond acceptors (Lipinski definition) is 4. The molecule has 162 valence electrons. The molecule has 0 bridgehead atoms. The van der Waals surface area contributed by atoms with Crippen molar-refractivity contribution in [3.05, 3.63) is 81.9 Å². The highest BCUT2D eigenvalue weighted by Gasteiger charge is 2.35. The van der Waals surface area contributed by atoms with Crippen LogP contribution in [-0.2, 0) is 11.3 Å². The summed E-state index contributed by atoms with van der Waals surface area (Å²) in [4.78, 5) is 29.5. The molecule has 0 spiro atoms. The Morgan fingerprint density at radius 2 is 1.90 bits per heavy atom. The van der Waals surface area contributed by atoms with E-state index in [4.69, 9.17) is 4.42 Å². The number of carbonyl (C=O) groups excluding carboxylic acids is 2. The van der Waals surface area contributed by atoms with E-state index in [1.54, 1.807) is 23.3 Å². The summed E-state index contributed by atoms with van der Waals surface area (Å²) in [5.41, 5.74) is 1.82. The summed E-state index contributed by atoms with van der Waals surface area (Å²) in [6.07, 6.45) is 7.05. The molecule has 0 radical (unpaired) electrons. The second kappa shape index (κ2) is 9.96. The summed E-state index contributed by atoms with van der Waals surface area (Å²) in [5.74, 6) is 0.352. The number of carbonyl (C=O) groups is 2. The van der Waals surface area contributed by atoms with Crippen LogP contribution in [0.5, 0.6) is 0 Å². The van der Waals surface area contributed by atoms with Crippen LogP contribution in [0.25, 0.3) is 0 Å². The lowest BCUT2D eigenvalue weighted by Crippen LogP contribution is -2.47. The first-order chi connectivity index (χ1) is 15.1. The number of benzene rings is 1. The Morgan fingerprint density at radius 1 is 1.10 bits per heavy atom. The van der Waals surface area contributed by atoms with Gasteiger partial charge in [-0.05, 0) is 54.5 Å². The Balaban J connectivity index is 1.72. The van der Waals surface area contributed by atoms with Crippen molar-refractivity contribution in [2.75, 3.05) is 0 Å². The summed E-state index contributed by atoms with van der Waals surface area (Å²) in [5, 5.41) is 5.12. The number of thiophene rings is 1. The molecule has 1 aliphatic rings. The molecular formula is C25H28N2O3S. The molecule has 0 saturated heterocycles. The number of aryl methyl sites for hydroxylation is 1. The van der Waals surface area contributed by atoms with Gasteiger partial charge in [-0.3, -0.25) is 9.59 Å². The van der Waals surface area contributed by atoms with E-state index in [9.17, 15) is 9.59 Å². The third-order valence-electron chi connectivity index (χ3n) is 5.89. The lowest BCUT2D eigenvalue weighted by atomic mass is 9.94. The molecule has 3 aromatic rings. The first-order valence-electron chi connectivity index (χ1n) is 10.9. The first-order valence-corrected chi connectivity index (χ1v) is 11.7. The van der Waals surface area contributed by atoms with Gasteiger partial charge in [0.1, 0.15) is 11.8 Å². The van der Waals surface area contributed by atoms with Gasteiger partial charge in [0.2, 0.25) is 5.91 Å². The fraction of sp³-hybridized carbons (Fsp3) is 0.360. The van der Waals surface area contributed by atoms with Crippen molar-refractivity contribution in [3.8, 4) is 0 Å². The van der Waals surface area contributed by atoms with Crippen LogP contribution in [0.1, 0.15) is 64.7 Å². The van der Waals surface area contributed by atoms with Gasteiger partial charge in [-0.1, -0.05) is 49.6 Å². The fourth-order valence-corrected chi connectivity index (χ4v) is 4.94. The van der Waals surface area contributed by atoms with Crippen molar-refractivity contribution < 1.29 is 14.0 Å². The highest BCUT2D eigenvalue weighted by molar-refractivity contribution is 7.12. The highest BCUT2D eigenvalue weighted by atomic mass is 32.1. The van der Waals surface area contributed by atoms with Gasteiger partial charge < -0.3 is 14.6 Å².